The molecule has 0 unspecified atom stereocenters. The quantitative estimate of drug-likeness (QED) is 0.634. The van der Waals surface area contributed by atoms with E-state index in [1.165, 1.54) is 4.90 Å². The van der Waals surface area contributed by atoms with Gasteiger partial charge in [0.25, 0.3) is 11.8 Å². The monoisotopic (exact) mass is 241 g/mol. The standard InChI is InChI=1S/C10H8ClNO2S/c11-7-3-1-2-6-8(7)10(14)12(4-5-15)9(6)13/h1-3,15H,4-5H2. The average Bonchev–Trinajstić information content (AvgIpc) is 2.45. The van der Waals surface area contributed by atoms with Crippen LogP contribution in [0.15, 0.2) is 18.2 Å². The highest BCUT2D eigenvalue weighted by molar-refractivity contribution is 7.80. The molecule has 78 valence electrons. The summed E-state index contributed by atoms with van der Waals surface area (Å²) in [5, 5.41) is 0.326. The van der Waals surface area contributed by atoms with E-state index < -0.39 is 0 Å². The van der Waals surface area contributed by atoms with Gasteiger partial charge >= 0.3 is 0 Å². The molecule has 0 spiro atoms. The van der Waals surface area contributed by atoms with Gasteiger partial charge in [-0.1, -0.05) is 17.7 Å². The first-order chi connectivity index (χ1) is 7.16. The largest absolute Gasteiger partial charge is 0.273 e. The van der Waals surface area contributed by atoms with Gasteiger partial charge in [0, 0.05) is 12.3 Å². The number of fused-ring (bicyclic) bond motifs is 1. The molecule has 2 amide bonds. The maximum absolute atomic E-state index is 11.8. The van der Waals surface area contributed by atoms with Crippen molar-refractivity contribution in [2.75, 3.05) is 12.3 Å². The summed E-state index contributed by atoms with van der Waals surface area (Å²) in [5.41, 5.74) is 0.695. The number of benzene rings is 1. The van der Waals surface area contributed by atoms with Crippen LogP contribution in [0.3, 0.4) is 0 Å². The fraction of sp³-hybridized carbons (Fsp3) is 0.200. The third kappa shape index (κ3) is 1.54. The van der Waals surface area contributed by atoms with Gasteiger partial charge in [-0.3, -0.25) is 14.5 Å². The molecule has 0 aromatic heterocycles. The maximum Gasteiger partial charge on any atom is 0.263 e. The number of carbonyl (C=O) groups is 2. The maximum atomic E-state index is 11.8. The normalized spacial score (nSPS) is 14.7. The SMILES string of the molecule is O=C1c2cccc(Cl)c2C(=O)N1CCS. The Kier molecular flexibility index (Phi) is 2.71. The van der Waals surface area contributed by atoms with Gasteiger partial charge in [0.05, 0.1) is 16.1 Å². The van der Waals surface area contributed by atoms with E-state index in [0.29, 0.717) is 28.4 Å². The third-order valence-corrected chi connectivity index (χ3v) is 2.79. The molecule has 0 bridgehead atoms. The van der Waals surface area contributed by atoms with Gasteiger partial charge in [-0.05, 0) is 12.1 Å². The summed E-state index contributed by atoms with van der Waals surface area (Å²) in [6, 6.07) is 4.88. The Bertz CT molecular complexity index is 447. The highest BCUT2D eigenvalue weighted by Crippen LogP contribution is 2.28. The number of carbonyl (C=O) groups excluding carboxylic acids is 2. The van der Waals surface area contributed by atoms with Crippen molar-refractivity contribution in [2.45, 2.75) is 0 Å². The molecule has 15 heavy (non-hydrogen) atoms. The lowest BCUT2D eigenvalue weighted by atomic mass is 10.1. The molecule has 0 saturated heterocycles. The highest BCUT2D eigenvalue weighted by Gasteiger charge is 2.36. The van der Waals surface area contributed by atoms with Crippen LogP contribution in [0.5, 0.6) is 0 Å². The predicted octanol–water partition coefficient (Wildman–Crippen LogP) is 1.87. The van der Waals surface area contributed by atoms with Crippen molar-refractivity contribution in [3.05, 3.63) is 34.3 Å². The molecule has 5 heteroatoms. The van der Waals surface area contributed by atoms with Crippen LogP contribution < -0.4 is 0 Å². The molecule has 3 nitrogen and oxygen atoms in total. The van der Waals surface area contributed by atoms with E-state index in [4.69, 9.17) is 11.6 Å². The van der Waals surface area contributed by atoms with Gasteiger partial charge in [-0.2, -0.15) is 12.6 Å². The number of hydrogen-bond donors (Lipinski definition) is 1. The molecule has 0 atom stereocenters. The van der Waals surface area contributed by atoms with Crippen LogP contribution in [0, 0.1) is 0 Å². The zero-order valence-corrected chi connectivity index (χ0v) is 9.39. The Morgan fingerprint density at radius 2 is 2.00 bits per heavy atom. The minimum absolute atomic E-state index is 0.286. The van der Waals surface area contributed by atoms with Crippen molar-refractivity contribution >= 4 is 36.0 Å². The fourth-order valence-corrected chi connectivity index (χ4v) is 2.05. The lowest BCUT2D eigenvalue weighted by Gasteiger charge is -2.10. The van der Waals surface area contributed by atoms with Gasteiger partial charge in [0.15, 0.2) is 0 Å². The molecule has 0 fully saturated rings. The summed E-state index contributed by atoms with van der Waals surface area (Å²) < 4.78 is 0. The molecule has 0 saturated carbocycles. The number of rotatable bonds is 2. The third-order valence-electron chi connectivity index (χ3n) is 2.27. The van der Waals surface area contributed by atoms with Crippen LogP contribution in [0.4, 0.5) is 0 Å². The summed E-state index contributed by atoms with van der Waals surface area (Å²) >= 11 is 9.88. The number of thiol groups is 1. The Morgan fingerprint density at radius 1 is 1.27 bits per heavy atom. The zero-order chi connectivity index (χ0) is 11.0. The van der Waals surface area contributed by atoms with Gasteiger partial charge in [-0.15, -0.1) is 0 Å². The highest BCUT2D eigenvalue weighted by atomic mass is 35.5. The Balaban J connectivity index is 2.51. The van der Waals surface area contributed by atoms with E-state index in [1.54, 1.807) is 18.2 Å². The molecule has 1 aliphatic rings. The van der Waals surface area contributed by atoms with Crippen molar-refractivity contribution in [3.63, 3.8) is 0 Å². The molecule has 0 N–H and O–H groups in total. The Morgan fingerprint density at radius 3 is 2.60 bits per heavy atom. The van der Waals surface area contributed by atoms with E-state index in [-0.39, 0.29) is 11.8 Å². The number of imide groups is 1. The van der Waals surface area contributed by atoms with E-state index >= 15 is 0 Å². The summed E-state index contributed by atoms with van der Waals surface area (Å²) in [5.74, 6) is -0.162. The van der Waals surface area contributed by atoms with E-state index in [2.05, 4.69) is 12.6 Å². The lowest BCUT2D eigenvalue weighted by Crippen LogP contribution is -2.31. The predicted molar refractivity (Wildman–Crippen MR) is 60.7 cm³/mol. The second-order valence-electron chi connectivity index (χ2n) is 3.15. The first-order valence-electron chi connectivity index (χ1n) is 4.42. The molecular weight excluding hydrogens is 234 g/mol. The van der Waals surface area contributed by atoms with Crippen LogP contribution in [-0.2, 0) is 0 Å². The molecule has 0 aliphatic carbocycles. The van der Waals surface area contributed by atoms with E-state index in [1.807, 2.05) is 0 Å². The smallest absolute Gasteiger partial charge is 0.263 e. The molecule has 1 aromatic carbocycles. The molecule has 0 radical (unpaired) electrons. The fourth-order valence-electron chi connectivity index (χ4n) is 1.60. The second kappa shape index (κ2) is 3.87. The summed E-state index contributed by atoms with van der Waals surface area (Å²) in [6.45, 7) is 0.311. The van der Waals surface area contributed by atoms with Crippen LogP contribution in [0.1, 0.15) is 20.7 Å². The van der Waals surface area contributed by atoms with Gasteiger partial charge < -0.3 is 0 Å². The minimum Gasteiger partial charge on any atom is -0.273 e. The van der Waals surface area contributed by atoms with Crippen molar-refractivity contribution in [2.24, 2.45) is 0 Å². The first-order valence-corrected chi connectivity index (χ1v) is 5.43. The van der Waals surface area contributed by atoms with Crippen LogP contribution in [0.25, 0.3) is 0 Å². The van der Waals surface area contributed by atoms with Crippen molar-refractivity contribution in [1.82, 2.24) is 4.90 Å². The molecule has 2 rings (SSSR count). The van der Waals surface area contributed by atoms with Crippen molar-refractivity contribution < 1.29 is 9.59 Å². The molecular formula is C10H8ClNO2S. The topological polar surface area (TPSA) is 37.4 Å². The van der Waals surface area contributed by atoms with E-state index in [9.17, 15) is 9.59 Å². The average molecular weight is 242 g/mol. The second-order valence-corrected chi connectivity index (χ2v) is 4.00. The Hall–Kier alpha value is -1.00. The number of nitrogens with zero attached hydrogens (tertiary/aromatic N) is 1. The molecule has 1 aliphatic heterocycles. The van der Waals surface area contributed by atoms with Gasteiger partial charge in [0.1, 0.15) is 0 Å². The minimum atomic E-state index is -0.324. The van der Waals surface area contributed by atoms with Crippen LogP contribution in [-0.4, -0.2) is 29.0 Å². The van der Waals surface area contributed by atoms with Gasteiger partial charge in [0.2, 0.25) is 0 Å². The van der Waals surface area contributed by atoms with E-state index in [0.717, 1.165) is 0 Å². The van der Waals surface area contributed by atoms with Gasteiger partial charge in [-0.25, -0.2) is 0 Å². The number of amides is 2. The summed E-state index contributed by atoms with van der Waals surface area (Å²) in [7, 11) is 0. The zero-order valence-electron chi connectivity index (χ0n) is 7.74. The number of hydrogen-bond acceptors (Lipinski definition) is 3. The summed E-state index contributed by atoms with van der Waals surface area (Å²) in [6.07, 6.45) is 0. The van der Waals surface area contributed by atoms with Crippen LogP contribution in [0.2, 0.25) is 5.02 Å². The number of halogens is 1. The van der Waals surface area contributed by atoms with Crippen molar-refractivity contribution in [1.29, 1.82) is 0 Å². The summed E-state index contributed by atoms with van der Waals surface area (Å²) in [4.78, 5) is 24.7. The Labute approximate surface area is 97.4 Å². The molecule has 1 aromatic rings. The van der Waals surface area contributed by atoms with Crippen molar-refractivity contribution in [3.8, 4) is 0 Å². The van der Waals surface area contributed by atoms with Crippen LogP contribution >= 0.6 is 24.2 Å². The lowest BCUT2D eigenvalue weighted by molar-refractivity contribution is 0.0664. The first kappa shape index (κ1) is 10.5. The molecule has 1 heterocycles.